The number of amides is 1. The summed E-state index contributed by atoms with van der Waals surface area (Å²) in [5.74, 6) is -0.178. The van der Waals surface area contributed by atoms with E-state index in [0.29, 0.717) is 5.56 Å². The second kappa shape index (κ2) is 6.77. The lowest BCUT2D eigenvalue weighted by atomic mass is 10.0. The first kappa shape index (κ1) is 15.5. The van der Waals surface area contributed by atoms with Crippen LogP contribution < -0.4 is 0 Å². The SMILES string of the molecule is O=C(c1ccc2cc3ccccc3cc2c1)N(CCO)CCO. The monoisotopic (exact) mass is 309 g/mol. The van der Waals surface area contributed by atoms with Gasteiger partial charge in [-0.3, -0.25) is 4.79 Å². The van der Waals surface area contributed by atoms with E-state index in [1.54, 1.807) is 6.07 Å². The summed E-state index contributed by atoms with van der Waals surface area (Å²) in [6.07, 6.45) is 0. The van der Waals surface area contributed by atoms with Crippen molar-refractivity contribution in [2.24, 2.45) is 0 Å². The molecule has 0 radical (unpaired) electrons. The Morgan fingerprint density at radius 2 is 1.35 bits per heavy atom. The van der Waals surface area contributed by atoms with Gasteiger partial charge < -0.3 is 15.1 Å². The fourth-order valence-corrected chi connectivity index (χ4v) is 2.81. The maximum Gasteiger partial charge on any atom is 0.254 e. The molecule has 0 fully saturated rings. The lowest BCUT2D eigenvalue weighted by Crippen LogP contribution is -2.35. The normalized spacial score (nSPS) is 11.0. The zero-order valence-electron chi connectivity index (χ0n) is 12.8. The van der Waals surface area contributed by atoms with Crippen molar-refractivity contribution in [2.45, 2.75) is 0 Å². The summed E-state index contributed by atoms with van der Waals surface area (Å²) >= 11 is 0. The third-order valence-corrected chi connectivity index (χ3v) is 3.98. The molecule has 118 valence electrons. The highest BCUT2D eigenvalue weighted by Gasteiger charge is 2.15. The Bertz CT molecular complexity index is 838. The lowest BCUT2D eigenvalue weighted by Gasteiger charge is -2.20. The highest BCUT2D eigenvalue weighted by molar-refractivity contribution is 6.03. The first-order valence-corrected chi connectivity index (χ1v) is 7.66. The van der Waals surface area contributed by atoms with Gasteiger partial charge in [0, 0.05) is 18.7 Å². The molecule has 3 rings (SSSR count). The summed E-state index contributed by atoms with van der Waals surface area (Å²) < 4.78 is 0. The number of fused-ring (bicyclic) bond motifs is 2. The minimum Gasteiger partial charge on any atom is -0.395 e. The van der Waals surface area contributed by atoms with E-state index in [4.69, 9.17) is 10.2 Å². The highest BCUT2D eigenvalue weighted by atomic mass is 16.3. The van der Waals surface area contributed by atoms with Gasteiger partial charge in [-0.1, -0.05) is 30.3 Å². The number of hydrogen-bond donors (Lipinski definition) is 2. The molecule has 0 aliphatic heterocycles. The van der Waals surface area contributed by atoms with Gasteiger partial charge in [-0.2, -0.15) is 0 Å². The first-order valence-electron chi connectivity index (χ1n) is 7.66. The predicted octanol–water partition coefficient (Wildman–Crippen LogP) is 2.42. The predicted molar refractivity (Wildman–Crippen MR) is 91.5 cm³/mol. The van der Waals surface area contributed by atoms with Gasteiger partial charge in [0.05, 0.1) is 13.2 Å². The minimum absolute atomic E-state index is 0.121. The Hall–Kier alpha value is -2.43. The molecular weight excluding hydrogens is 290 g/mol. The second-order valence-electron chi connectivity index (χ2n) is 5.50. The van der Waals surface area contributed by atoms with Crippen LogP contribution in [0, 0.1) is 0 Å². The van der Waals surface area contributed by atoms with Gasteiger partial charge in [0.25, 0.3) is 5.91 Å². The van der Waals surface area contributed by atoms with E-state index in [1.807, 2.05) is 30.3 Å². The van der Waals surface area contributed by atoms with Crippen LogP contribution in [0.1, 0.15) is 10.4 Å². The number of hydrogen-bond acceptors (Lipinski definition) is 3. The molecule has 0 spiro atoms. The highest BCUT2D eigenvalue weighted by Crippen LogP contribution is 2.24. The molecular formula is C19H19NO3. The minimum atomic E-state index is -0.178. The molecule has 0 heterocycles. The number of carbonyl (C=O) groups excluding carboxylic acids is 1. The first-order chi connectivity index (χ1) is 11.2. The molecule has 0 aliphatic rings. The molecule has 0 saturated carbocycles. The van der Waals surface area contributed by atoms with Crippen molar-refractivity contribution in [3.8, 4) is 0 Å². The zero-order chi connectivity index (χ0) is 16.2. The Morgan fingerprint density at radius 1 is 0.783 bits per heavy atom. The number of rotatable bonds is 5. The molecule has 3 aromatic rings. The van der Waals surface area contributed by atoms with E-state index in [-0.39, 0.29) is 32.2 Å². The van der Waals surface area contributed by atoms with E-state index in [9.17, 15) is 4.79 Å². The van der Waals surface area contributed by atoms with Gasteiger partial charge in [-0.25, -0.2) is 0 Å². The number of aliphatic hydroxyl groups is 2. The van der Waals surface area contributed by atoms with Gasteiger partial charge in [0.1, 0.15) is 0 Å². The molecule has 1 amide bonds. The van der Waals surface area contributed by atoms with Crippen LogP contribution in [0.15, 0.2) is 54.6 Å². The summed E-state index contributed by atoms with van der Waals surface area (Å²) in [6.45, 7) is 0.193. The fourth-order valence-electron chi connectivity index (χ4n) is 2.81. The molecule has 4 heteroatoms. The lowest BCUT2D eigenvalue weighted by molar-refractivity contribution is 0.0685. The van der Waals surface area contributed by atoms with Crippen molar-refractivity contribution in [3.05, 3.63) is 60.2 Å². The van der Waals surface area contributed by atoms with Crippen LogP contribution in [0.5, 0.6) is 0 Å². The third kappa shape index (κ3) is 3.18. The van der Waals surface area contributed by atoms with Crippen LogP contribution in [-0.2, 0) is 0 Å². The molecule has 0 aromatic heterocycles. The third-order valence-electron chi connectivity index (χ3n) is 3.98. The van der Waals surface area contributed by atoms with E-state index in [0.717, 1.165) is 16.2 Å². The molecule has 0 unspecified atom stereocenters. The fraction of sp³-hybridized carbons (Fsp3) is 0.211. The Labute approximate surface area is 134 Å². The summed E-state index contributed by atoms with van der Waals surface area (Å²) in [5.41, 5.74) is 0.565. The Kier molecular flexibility index (Phi) is 4.55. The van der Waals surface area contributed by atoms with Gasteiger partial charge in [-0.05, 0) is 45.8 Å². The summed E-state index contributed by atoms with van der Waals surface area (Å²) in [4.78, 5) is 14.0. The number of aliphatic hydroxyl groups excluding tert-OH is 2. The van der Waals surface area contributed by atoms with Crippen LogP contribution in [0.3, 0.4) is 0 Å². The van der Waals surface area contributed by atoms with Crippen molar-refractivity contribution in [1.82, 2.24) is 4.90 Å². The van der Waals surface area contributed by atoms with E-state index in [1.165, 1.54) is 10.3 Å². The van der Waals surface area contributed by atoms with E-state index < -0.39 is 0 Å². The van der Waals surface area contributed by atoms with Gasteiger partial charge in [-0.15, -0.1) is 0 Å². The number of benzene rings is 3. The van der Waals surface area contributed by atoms with Crippen molar-refractivity contribution < 1.29 is 15.0 Å². The van der Waals surface area contributed by atoms with Gasteiger partial charge >= 0.3 is 0 Å². The van der Waals surface area contributed by atoms with Crippen LogP contribution in [0.25, 0.3) is 21.5 Å². The Morgan fingerprint density at radius 3 is 1.96 bits per heavy atom. The largest absolute Gasteiger partial charge is 0.395 e. The number of nitrogens with zero attached hydrogens (tertiary/aromatic N) is 1. The van der Waals surface area contributed by atoms with E-state index in [2.05, 4.69) is 18.2 Å². The quantitative estimate of drug-likeness (QED) is 0.712. The maximum absolute atomic E-state index is 12.5. The average molecular weight is 309 g/mol. The summed E-state index contributed by atoms with van der Waals surface area (Å²) in [6, 6.07) is 17.9. The van der Waals surface area contributed by atoms with Crippen LogP contribution in [0.2, 0.25) is 0 Å². The van der Waals surface area contributed by atoms with Crippen LogP contribution in [-0.4, -0.2) is 47.3 Å². The Balaban J connectivity index is 2.01. The van der Waals surface area contributed by atoms with E-state index >= 15 is 0 Å². The second-order valence-corrected chi connectivity index (χ2v) is 5.50. The zero-order valence-corrected chi connectivity index (χ0v) is 12.8. The smallest absolute Gasteiger partial charge is 0.254 e. The van der Waals surface area contributed by atoms with Crippen molar-refractivity contribution in [1.29, 1.82) is 0 Å². The van der Waals surface area contributed by atoms with Crippen LogP contribution >= 0.6 is 0 Å². The van der Waals surface area contributed by atoms with Gasteiger partial charge in [0.2, 0.25) is 0 Å². The molecule has 0 aliphatic carbocycles. The van der Waals surface area contributed by atoms with Gasteiger partial charge in [0.15, 0.2) is 0 Å². The molecule has 23 heavy (non-hydrogen) atoms. The van der Waals surface area contributed by atoms with Crippen molar-refractivity contribution in [2.75, 3.05) is 26.3 Å². The molecule has 0 saturated heterocycles. The topological polar surface area (TPSA) is 60.8 Å². The van der Waals surface area contributed by atoms with Crippen LogP contribution in [0.4, 0.5) is 0 Å². The summed E-state index contributed by atoms with van der Waals surface area (Å²) in [5, 5.41) is 22.5. The molecule has 4 nitrogen and oxygen atoms in total. The van der Waals surface area contributed by atoms with Crippen molar-refractivity contribution in [3.63, 3.8) is 0 Å². The maximum atomic E-state index is 12.5. The standard InChI is InChI=1S/C19H19NO3/c21-9-7-20(8-10-22)19(23)17-6-5-16-11-14-3-1-2-4-15(14)12-18(16)13-17/h1-6,11-13,21-22H,7-10H2. The number of carbonyl (C=O) groups is 1. The molecule has 0 bridgehead atoms. The molecule has 2 N–H and O–H groups in total. The average Bonchev–Trinajstić information content (AvgIpc) is 2.58. The van der Waals surface area contributed by atoms with Crippen molar-refractivity contribution >= 4 is 27.5 Å². The molecule has 3 aromatic carbocycles. The molecule has 0 atom stereocenters. The summed E-state index contributed by atoms with van der Waals surface area (Å²) in [7, 11) is 0.